The molecule has 5 heterocycles. The number of hydrogen-bond donors (Lipinski definition) is 5. The van der Waals surface area contributed by atoms with Crippen molar-refractivity contribution in [3.8, 4) is 0 Å². The van der Waals surface area contributed by atoms with Crippen LogP contribution in [-0.4, -0.2) is 105 Å². The van der Waals surface area contributed by atoms with E-state index < -0.39 is 72.0 Å². The summed E-state index contributed by atoms with van der Waals surface area (Å²) in [6.45, 7) is 0. The minimum Gasteiger partial charge on any atom is -0.657 e. The third kappa shape index (κ3) is 9.33. The molecule has 17 heteroatoms. The molecule has 0 radical (unpaired) electrons. The van der Waals surface area contributed by atoms with Crippen LogP contribution in [0.3, 0.4) is 0 Å². The first-order valence-corrected chi connectivity index (χ1v) is 23.5. The van der Waals surface area contributed by atoms with E-state index in [2.05, 4.69) is 0 Å². The third-order valence-electron chi connectivity index (χ3n) is 15.5. The van der Waals surface area contributed by atoms with E-state index >= 15 is 0 Å². The number of carboxylic acid groups (broad SMARTS) is 1. The first kappa shape index (κ1) is 49.3. The number of aliphatic hydroxyl groups is 4. The number of carboxylic acids is 1. The van der Waals surface area contributed by atoms with Gasteiger partial charge in [-0.2, -0.15) is 0 Å². The normalized spacial score (nSPS) is 30.2. The van der Waals surface area contributed by atoms with Gasteiger partial charge in [0.1, 0.15) is 0 Å². The summed E-state index contributed by atoms with van der Waals surface area (Å²) >= 11 is 0. The van der Waals surface area contributed by atoms with Gasteiger partial charge >= 0.3 is 40.9 Å². The Hall–Kier alpha value is -5.16. The number of carbonyl (C=O) groups is 4. The number of esters is 3. The molecule has 3 aromatic rings. The van der Waals surface area contributed by atoms with Crippen LogP contribution in [0.25, 0.3) is 46.4 Å². The van der Waals surface area contributed by atoms with E-state index in [9.17, 15) is 44.7 Å². The quantitative estimate of drug-likeness (QED) is 0.0732. The van der Waals surface area contributed by atoms with Gasteiger partial charge < -0.3 is 49.7 Å². The molecule has 68 heavy (non-hydrogen) atoms. The number of rotatable bonds is 8. The van der Waals surface area contributed by atoms with E-state index in [-0.39, 0.29) is 72.8 Å². The Morgan fingerprint density at radius 3 is 0.926 bits per heavy atom. The van der Waals surface area contributed by atoms with Gasteiger partial charge in [-0.1, -0.05) is 24.3 Å². The number of aromatic nitrogens is 4. The Morgan fingerprint density at radius 1 is 0.456 bits per heavy atom. The number of aliphatic hydroxyl groups excluding tert-OH is 4. The van der Waals surface area contributed by atoms with Gasteiger partial charge in [-0.25, -0.2) is 9.97 Å². The standard InChI is InChI=1S/C51H59N4O12.Mn/c1-65-49(62)29-9-5-25(21-41(29)57)45-34-14-12-32(52-34)44(24-4-8-28(48(60)61)40(56)20-24)33-13-15-35(53-33)46(26-6-10-30(42(58)22-26)50(63)66-2)37-17-19-39(55-37)47(38-18-16-36(45)54-38)27-7-11-31(43(59)23-27)51(64)67-3;/h12-19,24-31,40-43,56-59H,4-11,20-23H2,1-3H3,(H2-,52,53,54,55,60,61);/q-1;+3/p-1. The average Bonchev–Trinajstić information content (AvgIpc) is 4.17. The van der Waals surface area contributed by atoms with Crippen molar-refractivity contribution < 1.29 is 76.0 Å². The predicted octanol–water partition coefficient (Wildman–Crippen LogP) is 5.49. The Balaban J connectivity index is 0.00000625. The zero-order valence-corrected chi connectivity index (χ0v) is 39.5. The molecule has 0 spiro atoms. The van der Waals surface area contributed by atoms with Crippen molar-refractivity contribution in [1.29, 1.82) is 0 Å². The molecule has 5 N–H and O–H groups in total. The van der Waals surface area contributed by atoms with Crippen LogP contribution in [0.1, 0.15) is 146 Å². The summed E-state index contributed by atoms with van der Waals surface area (Å²) in [4.78, 5) is 71.5. The molecule has 0 amide bonds. The molecule has 0 saturated heterocycles. The van der Waals surface area contributed by atoms with Gasteiger partial charge in [-0.3, -0.25) is 19.2 Å². The smallest absolute Gasteiger partial charge is 0.657 e. The summed E-state index contributed by atoms with van der Waals surface area (Å²) in [6, 6.07) is 7.67. The van der Waals surface area contributed by atoms with Crippen molar-refractivity contribution in [2.75, 3.05) is 21.3 Å². The van der Waals surface area contributed by atoms with Gasteiger partial charge in [-0.05, 0) is 147 Å². The molecule has 12 unspecified atom stereocenters. The van der Waals surface area contributed by atoms with Gasteiger partial charge in [0, 0.05) is 0 Å². The molecule has 4 saturated carbocycles. The largest absolute Gasteiger partial charge is 3.00 e. The predicted molar refractivity (Wildman–Crippen MR) is 245 cm³/mol. The van der Waals surface area contributed by atoms with Crippen molar-refractivity contribution in [2.45, 2.75) is 125 Å². The molecular formula is C51H58MnN4O12+. The second-order valence-corrected chi connectivity index (χ2v) is 19.2. The number of fused-ring (bicyclic) bond motifs is 8. The Labute approximate surface area is 404 Å². The summed E-state index contributed by atoms with van der Waals surface area (Å²) in [5, 5.41) is 55.4. The van der Waals surface area contributed by atoms with Crippen molar-refractivity contribution in [3.05, 3.63) is 69.3 Å². The van der Waals surface area contributed by atoms with E-state index in [4.69, 9.17) is 34.1 Å². The van der Waals surface area contributed by atoms with E-state index in [0.29, 0.717) is 89.8 Å². The minimum absolute atomic E-state index is 0. The maximum absolute atomic E-state index is 12.7. The van der Waals surface area contributed by atoms with Crippen LogP contribution in [0, 0.1) is 23.7 Å². The number of ether oxygens (including phenoxy) is 3. The van der Waals surface area contributed by atoms with Gasteiger partial charge in [-0.15, -0.1) is 22.1 Å². The molecule has 6 aliphatic rings. The maximum Gasteiger partial charge on any atom is 3.00 e. The number of hydrogen-bond acceptors (Lipinski definition) is 13. The summed E-state index contributed by atoms with van der Waals surface area (Å²) in [5.41, 5.74) is 7.97. The fraction of sp³-hybridized carbons (Fsp3) is 0.529. The molecule has 8 bridgehead atoms. The molecule has 4 fully saturated rings. The van der Waals surface area contributed by atoms with Crippen molar-refractivity contribution in [1.82, 2.24) is 19.9 Å². The molecular weight excluding hydrogens is 916 g/mol. The maximum atomic E-state index is 12.7. The number of methoxy groups -OCH3 is 3. The van der Waals surface area contributed by atoms with Crippen LogP contribution in [0.4, 0.5) is 0 Å². The second kappa shape index (κ2) is 20.4. The van der Waals surface area contributed by atoms with Crippen molar-refractivity contribution >= 4 is 70.2 Å². The molecule has 9 rings (SSSR count). The fourth-order valence-corrected chi connectivity index (χ4v) is 12.0. The molecule has 16 nitrogen and oxygen atoms in total. The Bertz CT molecular complexity index is 2640. The van der Waals surface area contributed by atoms with Crippen LogP contribution in [0.2, 0.25) is 0 Å². The zero-order valence-electron chi connectivity index (χ0n) is 38.3. The number of carbonyl (C=O) groups excluding carboxylic acids is 3. The topological polar surface area (TPSA) is 251 Å². The van der Waals surface area contributed by atoms with Gasteiger partial charge in [0.2, 0.25) is 0 Å². The molecule has 360 valence electrons. The fourth-order valence-electron chi connectivity index (χ4n) is 12.0. The molecule has 0 aromatic carbocycles. The number of nitrogens with zero attached hydrogens (tertiary/aromatic N) is 4. The summed E-state index contributed by atoms with van der Waals surface area (Å²) in [5.74, 6) is -6.50. The molecule has 3 aromatic heterocycles. The summed E-state index contributed by atoms with van der Waals surface area (Å²) in [7, 11) is 3.95. The van der Waals surface area contributed by atoms with Crippen LogP contribution in [-0.2, 0) is 50.5 Å². The second-order valence-electron chi connectivity index (χ2n) is 19.2. The van der Waals surface area contributed by atoms with E-state index in [1.54, 1.807) is 0 Å². The number of aliphatic carboxylic acids is 1. The van der Waals surface area contributed by atoms with Crippen LogP contribution in [0.5, 0.6) is 0 Å². The van der Waals surface area contributed by atoms with Crippen LogP contribution >= 0.6 is 0 Å². The summed E-state index contributed by atoms with van der Waals surface area (Å²) < 4.78 is 15.1. The zero-order chi connectivity index (χ0) is 47.3. The summed E-state index contributed by atoms with van der Waals surface area (Å²) in [6.07, 6.45) is 8.03. The van der Waals surface area contributed by atoms with Crippen molar-refractivity contribution in [2.24, 2.45) is 23.7 Å². The molecule has 12 atom stereocenters. The van der Waals surface area contributed by atoms with E-state index in [1.807, 2.05) is 48.6 Å². The van der Waals surface area contributed by atoms with E-state index in [0.717, 1.165) is 22.3 Å². The minimum atomic E-state index is -1.10. The SMILES string of the molecule is COC(=O)C1CCC(c2c3nc(c(C4CCC(C(=O)OC)C(O)C4)c4ccc([n-]4)c(C4CCC(C(=O)OC)C(O)C4)c4nc(c(C5CCC(C(=O)O)C(O)C5)c5ccc2[n-]5)C=C4)C=C3)CC1O.[Mn+3]. The first-order chi connectivity index (χ1) is 32.3. The van der Waals surface area contributed by atoms with Crippen LogP contribution < -0.4 is 9.97 Å². The van der Waals surface area contributed by atoms with Crippen molar-refractivity contribution in [3.63, 3.8) is 0 Å². The van der Waals surface area contributed by atoms with Gasteiger partial charge in [0.25, 0.3) is 0 Å². The average molecular weight is 974 g/mol. The first-order valence-electron chi connectivity index (χ1n) is 23.5. The van der Waals surface area contributed by atoms with Crippen LogP contribution in [0.15, 0.2) is 24.3 Å². The van der Waals surface area contributed by atoms with Gasteiger partial charge in [0.15, 0.2) is 0 Å². The Kier molecular flexibility index (Phi) is 14.8. The Morgan fingerprint density at radius 2 is 0.706 bits per heavy atom. The molecule has 4 aliphatic carbocycles. The van der Waals surface area contributed by atoms with E-state index in [1.165, 1.54) is 21.3 Å². The molecule has 2 aliphatic heterocycles. The monoisotopic (exact) mass is 973 g/mol. The third-order valence-corrected chi connectivity index (χ3v) is 15.5. The van der Waals surface area contributed by atoms with Gasteiger partial charge in [0.05, 0.1) is 92.2 Å².